The molecule has 0 radical (unpaired) electrons. The summed E-state index contributed by atoms with van der Waals surface area (Å²) in [6, 6.07) is 0. The molecule has 1 heteroatoms. The summed E-state index contributed by atoms with van der Waals surface area (Å²) in [5, 5.41) is 0. The van der Waals surface area contributed by atoms with Crippen LogP contribution in [0.3, 0.4) is 0 Å². The van der Waals surface area contributed by atoms with Gasteiger partial charge >= 0.3 is 0 Å². The summed E-state index contributed by atoms with van der Waals surface area (Å²) >= 11 is 0. The molecule has 0 aliphatic carbocycles. The first-order valence-electron chi connectivity index (χ1n) is 12.6. The van der Waals surface area contributed by atoms with Gasteiger partial charge in [0.15, 0.2) is 0 Å². The van der Waals surface area contributed by atoms with Crippen molar-refractivity contribution in [3.05, 3.63) is 11.1 Å². The highest BCUT2D eigenvalue weighted by Gasteiger charge is 2.19. The highest BCUT2D eigenvalue weighted by molar-refractivity contribution is 5.82. The summed E-state index contributed by atoms with van der Waals surface area (Å²) in [5.41, 5.74) is 3.10. The maximum atomic E-state index is 11.3. The monoisotopic (exact) mass is 440 g/mol. The molecule has 0 aliphatic rings. The van der Waals surface area contributed by atoms with Crippen molar-refractivity contribution in [2.24, 2.45) is 53.3 Å². The van der Waals surface area contributed by atoms with E-state index in [2.05, 4.69) is 96.9 Å². The van der Waals surface area contributed by atoms with Gasteiger partial charge in [-0.25, -0.2) is 0 Å². The van der Waals surface area contributed by atoms with Crippen LogP contribution < -0.4 is 0 Å². The Balaban J connectivity index is -0.000000174. The number of hydrogen-bond acceptors (Lipinski definition) is 1. The third-order valence-electron chi connectivity index (χ3n) is 7.30. The van der Waals surface area contributed by atoms with Crippen LogP contribution in [-0.2, 0) is 4.79 Å². The molecule has 0 aromatic heterocycles. The van der Waals surface area contributed by atoms with Crippen molar-refractivity contribution < 1.29 is 4.79 Å². The smallest absolute Gasteiger partial charge is 0.138 e. The first-order chi connectivity index (χ1) is 13.4. The lowest BCUT2D eigenvalue weighted by atomic mass is 9.80. The summed E-state index contributed by atoms with van der Waals surface area (Å²) in [6.07, 6.45) is 0. The van der Waals surface area contributed by atoms with Gasteiger partial charge in [0.05, 0.1) is 0 Å². The number of allylic oxidation sites excluding steroid dienone is 2. The molecule has 0 amide bonds. The molecule has 3 unspecified atom stereocenters. The van der Waals surface area contributed by atoms with E-state index in [1.54, 1.807) is 11.1 Å². The minimum atomic E-state index is 0. The predicted octanol–water partition coefficient (Wildman–Crippen LogP) is 10.3. The number of carbonyl (C=O) groups excluding carboxylic acids is 1. The first kappa shape index (κ1) is 37.7. The average molecular weight is 441 g/mol. The molecule has 3 atom stereocenters. The molecule has 0 aromatic carbocycles. The Morgan fingerprint density at radius 3 is 0.806 bits per heavy atom. The third kappa shape index (κ3) is 17.6. The van der Waals surface area contributed by atoms with Crippen molar-refractivity contribution >= 4 is 5.78 Å². The lowest BCUT2D eigenvalue weighted by molar-refractivity contribution is -0.126. The van der Waals surface area contributed by atoms with E-state index in [0.29, 0.717) is 23.5 Å². The molecule has 1 nitrogen and oxygen atoms in total. The van der Waals surface area contributed by atoms with E-state index in [4.69, 9.17) is 0 Å². The van der Waals surface area contributed by atoms with Gasteiger partial charge in [-0.15, -0.1) is 0 Å². The fourth-order valence-electron chi connectivity index (χ4n) is 2.98. The summed E-state index contributed by atoms with van der Waals surface area (Å²) in [6.45, 7) is 37.5. The van der Waals surface area contributed by atoms with Crippen LogP contribution >= 0.6 is 0 Å². The van der Waals surface area contributed by atoms with Crippen LogP contribution in [0.1, 0.15) is 125 Å². The minimum absolute atomic E-state index is 0. The van der Waals surface area contributed by atoms with Crippen molar-refractivity contribution in [3.8, 4) is 0 Å². The van der Waals surface area contributed by atoms with Gasteiger partial charge in [-0.05, 0) is 55.3 Å². The SMILES string of the molecule is C.C/C(=C(\C)C(C)C)C(C)C.CC(C)C(=O)C(C)C(C)C.CC(C)C(C)C(C)C(C)C. The number of rotatable bonds is 8. The van der Waals surface area contributed by atoms with E-state index < -0.39 is 0 Å². The summed E-state index contributed by atoms with van der Waals surface area (Å²) < 4.78 is 0. The van der Waals surface area contributed by atoms with Crippen LogP contribution in [0.5, 0.6) is 0 Å². The Morgan fingerprint density at radius 2 is 0.710 bits per heavy atom. The van der Waals surface area contributed by atoms with Crippen molar-refractivity contribution in [3.63, 3.8) is 0 Å². The number of ketones is 1. The van der Waals surface area contributed by atoms with E-state index >= 15 is 0 Å². The molecule has 0 bridgehead atoms. The van der Waals surface area contributed by atoms with Gasteiger partial charge in [0, 0.05) is 11.8 Å². The zero-order valence-electron chi connectivity index (χ0n) is 24.1. The number of carbonyl (C=O) groups is 1. The summed E-state index contributed by atoms with van der Waals surface area (Å²) in [5.74, 6) is 6.09. The molecule has 190 valence electrons. The van der Waals surface area contributed by atoms with Gasteiger partial charge in [0.1, 0.15) is 5.78 Å². The second kappa shape index (κ2) is 18.9. The van der Waals surface area contributed by atoms with Gasteiger partial charge in [-0.3, -0.25) is 4.79 Å². The van der Waals surface area contributed by atoms with Crippen LogP contribution in [0.25, 0.3) is 0 Å². The maximum Gasteiger partial charge on any atom is 0.138 e. The van der Waals surface area contributed by atoms with E-state index in [9.17, 15) is 4.79 Å². The summed E-state index contributed by atoms with van der Waals surface area (Å²) in [7, 11) is 0. The molecule has 31 heavy (non-hydrogen) atoms. The van der Waals surface area contributed by atoms with E-state index in [1.165, 1.54) is 0 Å². The molecule has 0 saturated heterocycles. The normalized spacial score (nSPS) is 15.1. The van der Waals surface area contributed by atoms with Gasteiger partial charge in [0.25, 0.3) is 0 Å². The van der Waals surface area contributed by atoms with Crippen LogP contribution in [0.4, 0.5) is 0 Å². The van der Waals surface area contributed by atoms with Crippen molar-refractivity contribution in [2.45, 2.75) is 125 Å². The molecular formula is C30H64O. The van der Waals surface area contributed by atoms with Crippen LogP contribution in [0.2, 0.25) is 0 Å². The first-order valence-corrected chi connectivity index (χ1v) is 12.6. The zero-order chi connectivity index (χ0) is 24.9. The van der Waals surface area contributed by atoms with Gasteiger partial charge in [0.2, 0.25) is 0 Å². The van der Waals surface area contributed by atoms with Gasteiger partial charge in [-0.1, -0.05) is 122 Å². The second-order valence-corrected chi connectivity index (χ2v) is 11.5. The van der Waals surface area contributed by atoms with Gasteiger partial charge in [-0.2, -0.15) is 0 Å². The fraction of sp³-hybridized carbons (Fsp3) is 0.900. The fourth-order valence-corrected chi connectivity index (χ4v) is 2.98. The van der Waals surface area contributed by atoms with Gasteiger partial charge < -0.3 is 0 Å². The third-order valence-corrected chi connectivity index (χ3v) is 7.30. The molecule has 0 fully saturated rings. The van der Waals surface area contributed by atoms with E-state index in [0.717, 1.165) is 23.7 Å². The lowest BCUT2D eigenvalue weighted by Crippen LogP contribution is -2.21. The molecule has 0 saturated carbocycles. The lowest BCUT2D eigenvalue weighted by Gasteiger charge is -2.26. The van der Waals surface area contributed by atoms with Crippen molar-refractivity contribution in [1.29, 1.82) is 0 Å². The molecular weight excluding hydrogens is 376 g/mol. The molecule has 0 rings (SSSR count). The highest BCUT2D eigenvalue weighted by atomic mass is 16.1. The van der Waals surface area contributed by atoms with Crippen LogP contribution in [0, 0.1) is 53.3 Å². The highest BCUT2D eigenvalue weighted by Crippen LogP contribution is 2.25. The summed E-state index contributed by atoms with van der Waals surface area (Å²) in [4.78, 5) is 11.3. The van der Waals surface area contributed by atoms with Crippen molar-refractivity contribution in [1.82, 2.24) is 0 Å². The maximum absolute atomic E-state index is 11.3. The molecule has 0 N–H and O–H groups in total. The molecule has 0 spiro atoms. The average Bonchev–Trinajstić information content (AvgIpc) is 2.64. The van der Waals surface area contributed by atoms with E-state index in [-0.39, 0.29) is 19.3 Å². The Morgan fingerprint density at radius 1 is 0.452 bits per heavy atom. The number of Topliss-reactive ketones (excluding diaryl/α,β-unsaturated/α-hetero) is 1. The second-order valence-electron chi connectivity index (χ2n) is 11.5. The molecule has 0 aliphatic heterocycles. The molecule has 0 aromatic rings. The topological polar surface area (TPSA) is 17.1 Å². The zero-order valence-corrected chi connectivity index (χ0v) is 24.1. The molecule has 0 heterocycles. The van der Waals surface area contributed by atoms with E-state index in [1.807, 2.05) is 20.8 Å². The Labute approximate surface area is 200 Å². The Bertz CT molecular complexity index is 435. The Hall–Kier alpha value is -0.590. The number of hydrogen-bond donors (Lipinski definition) is 0. The predicted molar refractivity (Wildman–Crippen MR) is 147 cm³/mol. The standard InChI is InChI=1S/C10H22.C10H20.C9H18O.CH4/c2*1-7(2)9(5)10(6)8(3)4;1-6(2)8(5)9(10)7(3)4;/h7-10H,1-6H3;7-8H,1-6H3;6-8H,1-5H3;1H4/b;10-9-;;. The van der Waals surface area contributed by atoms with Crippen LogP contribution in [0.15, 0.2) is 11.1 Å². The largest absolute Gasteiger partial charge is 0.299 e. The minimum Gasteiger partial charge on any atom is -0.299 e. The Kier molecular flexibility index (Phi) is 23.0. The van der Waals surface area contributed by atoms with Crippen LogP contribution in [-0.4, -0.2) is 5.78 Å². The quantitative estimate of drug-likeness (QED) is 0.343. The van der Waals surface area contributed by atoms with Crippen molar-refractivity contribution in [2.75, 3.05) is 0 Å².